The van der Waals surface area contributed by atoms with Gasteiger partial charge in [0.25, 0.3) is 5.60 Å². The zero-order valence-electron chi connectivity index (χ0n) is 12.4. The number of carbonyl (C=O) groups is 2. The second kappa shape index (κ2) is 6.48. The molecule has 0 heterocycles. The van der Waals surface area contributed by atoms with Crippen LogP contribution in [0.25, 0.3) is 0 Å². The Labute approximate surface area is 125 Å². The highest BCUT2D eigenvalue weighted by molar-refractivity contribution is 6.00. The van der Waals surface area contributed by atoms with Gasteiger partial charge in [0.05, 0.1) is 13.5 Å². The number of ether oxygens (including phenoxy) is 1. The third-order valence-electron chi connectivity index (χ3n) is 3.31. The summed E-state index contributed by atoms with van der Waals surface area (Å²) in [4.78, 5) is 23.2. The zero-order chi connectivity index (χ0) is 17.1. The fourth-order valence-electron chi connectivity index (χ4n) is 1.85. The lowest BCUT2D eigenvalue weighted by Gasteiger charge is -2.26. The Morgan fingerprint density at radius 3 is 2.05 bits per heavy atom. The summed E-state index contributed by atoms with van der Waals surface area (Å²) in [6, 6.07) is 5.96. The third-order valence-corrected chi connectivity index (χ3v) is 3.31. The Bertz CT molecular complexity index is 549. The number of alkyl halides is 3. The summed E-state index contributed by atoms with van der Waals surface area (Å²) in [5.41, 5.74) is -2.96. The summed E-state index contributed by atoms with van der Waals surface area (Å²) in [7, 11) is 0.709. The van der Waals surface area contributed by atoms with Crippen LogP contribution in [0.2, 0.25) is 0 Å². The molecule has 0 aliphatic carbocycles. The molecule has 0 aliphatic rings. The van der Waals surface area contributed by atoms with Crippen LogP contribution in [-0.2, 0) is 9.53 Å². The molecule has 1 rings (SSSR count). The summed E-state index contributed by atoms with van der Waals surface area (Å²) >= 11 is 0. The average Bonchev–Trinajstić information content (AvgIpc) is 2.44. The molecule has 1 N–H and O–H groups in total. The van der Waals surface area contributed by atoms with Crippen LogP contribution in [-0.4, -0.2) is 35.7 Å². The number of Topliss-reactive ketones (excluding diaryl/α,β-unsaturated/α-hetero) is 1. The Hall–Kier alpha value is -1.89. The fourth-order valence-corrected chi connectivity index (χ4v) is 1.85. The van der Waals surface area contributed by atoms with Gasteiger partial charge in [0.2, 0.25) is 0 Å². The van der Waals surface area contributed by atoms with Crippen molar-refractivity contribution in [2.75, 3.05) is 7.11 Å². The molecule has 0 aromatic heterocycles. The van der Waals surface area contributed by atoms with Gasteiger partial charge in [0.15, 0.2) is 5.78 Å². The van der Waals surface area contributed by atoms with Crippen LogP contribution in [0.3, 0.4) is 0 Å². The molecule has 122 valence electrons. The lowest BCUT2D eigenvalue weighted by Crippen LogP contribution is -2.54. The van der Waals surface area contributed by atoms with Crippen molar-refractivity contribution in [3.05, 3.63) is 35.4 Å². The first-order valence-corrected chi connectivity index (χ1v) is 6.53. The number of hydrogen-bond donors (Lipinski definition) is 1. The number of halogens is 3. The molecule has 0 saturated carbocycles. The number of rotatable bonds is 5. The Morgan fingerprint density at radius 2 is 1.68 bits per heavy atom. The van der Waals surface area contributed by atoms with E-state index in [1.54, 1.807) is 12.1 Å². The summed E-state index contributed by atoms with van der Waals surface area (Å²) in [6.45, 7) is 3.85. The van der Waals surface area contributed by atoms with Crippen LogP contribution >= 0.6 is 0 Å². The van der Waals surface area contributed by atoms with Crippen LogP contribution in [0.1, 0.15) is 42.1 Å². The zero-order valence-corrected chi connectivity index (χ0v) is 12.4. The molecule has 0 spiro atoms. The molecular weight excluding hydrogens is 301 g/mol. The van der Waals surface area contributed by atoms with Gasteiger partial charge in [-0.05, 0) is 11.5 Å². The van der Waals surface area contributed by atoms with Gasteiger partial charge in [-0.15, -0.1) is 0 Å². The molecule has 0 saturated heterocycles. The highest BCUT2D eigenvalue weighted by Crippen LogP contribution is 2.35. The van der Waals surface area contributed by atoms with Crippen LogP contribution in [0, 0.1) is 0 Å². The van der Waals surface area contributed by atoms with Crippen molar-refractivity contribution >= 4 is 11.8 Å². The number of hydrogen-bond acceptors (Lipinski definition) is 4. The topological polar surface area (TPSA) is 63.6 Å². The lowest BCUT2D eigenvalue weighted by molar-refractivity contribution is -0.260. The first-order chi connectivity index (χ1) is 10.0. The summed E-state index contributed by atoms with van der Waals surface area (Å²) in [5, 5.41) is 9.57. The van der Waals surface area contributed by atoms with Gasteiger partial charge < -0.3 is 9.84 Å². The van der Waals surface area contributed by atoms with Gasteiger partial charge in [0, 0.05) is 5.56 Å². The van der Waals surface area contributed by atoms with E-state index in [0.717, 1.165) is 5.56 Å². The molecule has 1 aromatic rings. The predicted octanol–water partition coefficient (Wildman–Crippen LogP) is 2.85. The molecule has 1 aromatic carbocycles. The van der Waals surface area contributed by atoms with Crippen molar-refractivity contribution in [2.24, 2.45) is 0 Å². The Morgan fingerprint density at radius 1 is 1.18 bits per heavy atom. The summed E-state index contributed by atoms with van der Waals surface area (Å²) in [6.07, 6.45) is -6.74. The fraction of sp³-hybridized carbons (Fsp3) is 0.467. The van der Waals surface area contributed by atoms with E-state index in [4.69, 9.17) is 0 Å². The second-order valence-electron chi connectivity index (χ2n) is 5.23. The van der Waals surface area contributed by atoms with Crippen molar-refractivity contribution in [2.45, 2.75) is 38.0 Å². The molecule has 7 heteroatoms. The van der Waals surface area contributed by atoms with E-state index < -0.39 is 30.0 Å². The minimum atomic E-state index is -5.31. The normalized spacial score (nSPS) is 14.5. The van der Waals surface area contributed by atoms with Gasteiger partial charge in [-0.2, -0.15) is 13.2 Å². The van der Waals surface area contributed by atoms with Crippen molar-refractivity contribution in [3.63, 3.8) is 0 Å². The number of carbonyl (C=O) groups excluding carboxylic acids is 2. The van der Waals surface area contributed by atoms with Gasteiger partial charge >= 0.3 is 12.1 Å². The van der Waals surface area contributed by atoms with Gasteiger partial charge in [-0.1, -0.05) is 38.1 Å². The Kier molecular flexibility index (Phi) is 5.35. The third kappa shape index (κ3) is 3.65. The number of aliphatic hydroxyl groups is 1. The first kappa shape index (κ1) is 18.2. The second-order valence-corrected chi connectivity index (χ2v) is 5.23. The van der Waals surface area contributed by atoms with Crippen molar-refractivity contribution in [1.29, 1.82) is 0 Å². The lowest BCUT2D eigenvalue weighted by atomic mass is 9.92. The number of benzene rings is 1. The van der Waals surface area contributed by atoms with Gasteiger partial charge in [-0.25, -0.2) is 4.79 Å². The molecule has 0 amide bonds. The van der Waals surface area contributed by atoms with Crippen LogP contribution in [0.5, 0.6) is 0 Å². The summed E-state index contributed by atoms with van der Waals surface area (Å²) < 4.78 is 42.6. The van der Waals surface area contributed by atoms with Crippen LogP contribution in [0.4, 0.5) is 13.2 Å². The number of esters is 1. The first-order valence-electron chi connectivity index (χ1n) is 6.53. The van der Waals surface area contributed by atoms with E-state index in [-0.39, 0.29) is 11.5 Å². The minimum absolute atomic E-state index is 0.0176. The average molecular weight is 318 g/mol. The summed E-state index contributed by atoms with van der Waals surface area (Å²) in [5.74, 6) is -2.71. The molecule has 0 fully saturated rings. The largest absolute Gasteiger partial charge is 0.467 e. The SMILES string of the molecule is COC(=O)C(O)(CC(=O)c1ccc(C(C)C)cc1)C(F)(F)F. The molecule has 0 bridgehead atoms. The van der Waals surface area contributed by atoms with Crippen molar-refractivity contribution in [3.8, 4) is 0 Å². The van der Waals surface area contributed by atoms with E-state index in [0.29, 0.717) is 7.11 Å². The van der Waals surface area contributed by atoms with Crippen LogP contribution in [0.15, 0.2) is 24.3 Å². The van der Waals surface area contributed by atoms with E-state index >= 15 is 0 Å². The molecule has 0 aliphatic heterocycles. The molecule has 22 heavy (non-hydrogen) atoms. The maximum absolute atomic E-state index is 12.9. The van der Waals surface area contributed by atoms with E-state index in [1.165, 1.54) is 12.1 Å². The van der Waals surface area contributed by atoms with Gasteiger partial charge in [0.1, 0.15) is 0 Å². The van der Waals surface area contributed by atoms with Gasteiger partial charge in [-0.3, -0.25) is 4.79 Å². The van der Waals surface area contributed by atoms with E-state index in [1.807, 2.05) is 13.8 Å². The molecule has 0 radical (unpaired) electrons. The molecule has 4 nitrogen and oxygen atoms in total. The maximum atomic E-state index is 12.9. The quantitative estimate of drug-likeness (QED) is 0.670. The number of ketones is 1. The van der Waals surface area contributed by atoms with E-state index in [2.05, 4.69) is 4.74 Å². The maximum Gasteiger partial charge on any atom is 0.428 e. The highest BCUT2D eigenvalue weighted by Gasteiger charge is 2.61. The standard InChI is InChI=1S/C15H17F3O4/c1-9(2)10-4-6-11(7-5-10)12(19)8-14(21,13(20)22-3)15(16,17)18/h4-7,9,21H,8H2,1-3H3. The molecular formula is C15H17F3O4. The van der Waals surface area contributed by atoms with E-state index in [9.17, 15) is 27.9 Å². The Balaban J connectivity index is 3.04. The predicted molar refractivity (Wildman–Crippen MR) is 72.5 cm³/mol. The molecule has 1 unspecified atom stereocenters. The number of methoxy groups -OCH3 is 1. The van der Waals surface area contributed by atoms with Crippen molar-refractivity contribution < 1.29 is 32.6 Å². The smallest absolute Gasteiger partial charge is 0.428 e. The van der Waals surface area contributed by atoms with Crippen LogP contribution < -0.4 is 0 Å². The highest BCUT2D eigenvalue weighted by atomic mass is 19.4. The minimum Gasteiger partial charge on any atom is -0.467 e. The molecule has 1 atom stereocenters. The van der Waals surface area contributed by atoms with Crippen molar-refractivity contribution in [1.82, 2.24) is 0 Å². The monoisotopic (exact) mass is 318 g/mol.